The molecule has 0 aromatic heterocycles. The molecule has 0 atom stereocenters. The van der Waals surface area contributed by atoms with Crippen LogP contribution in [0.25, 0.3) is 0 Å². The fourth-order valence-corrected chi connectivity index (χ4v) is 1.72. The predicted molar refractivity (Wildman–Crippen MR) is 73.5 cm³/mol. The third-order valence-corrected chi connectivity index (χ3v) is 2.74. The van der Waals surface area contributed by atoms with Crippen LogP contribution in [0.5, 0.6) is 11.5 Å². The van der Waals surface area contributed by atoms with Gasteiger partial charge in [-0.05, 0) is 29.8 Å². The van der Waals surface area contributed by atoms with E-state index in [0.29, 0.717) is 5.56 Å². The SMILES string of the molecule is COc1ccc(CC(=O)Oc2ccccc2C#N)cc1. The van der Waals surface area contributed by atoms with E-state index in [1.807, 2.05) is 6.07 Å². The van der Waals surface area contributed by atoms with E-state index in [2.05, 4.69) is 0 Å². The van der Waals surface area contributed by atoms with Crippen LogP contribution in [0.3, 0.4) is 0 Å². The molecular weight excluding hydrogens is 254 g/mol. The Morgan fingerprint density at radius 2 is 1.85 bits per heavy atom. The lowest BCUT2D eigenvalue weighted by Crippen LogP contribution is -2.11. The first-order chi connectivity index (χ1) is 9.72. The lowest BCUT2D eigenvalue weighted by atomic mass is 10.1. The molecule has 2 rings (SSSR count). The summed E-state index contributed by atoms with van der Waals surface area (Å²) in [6.45, 7) is 0. The van der Waals surface area contributed by atoms with E-state index in [9.17, 15) is 4.79 Å². The molecule has 0 heterocycles. The lowest BCUT2D eigenvalue weighted by Gasteiger charge is -2.06. The maximum absolute atomic E-state index is 11.8. The monoisotopic (exact) mass is 267 g/mol. The number of benzene rings is 2. The normalized spacial score (nSPS) is 9.60. The van der Waals surface area contributed by atoms with E-state index in [0.717, 1.165) is 11.3 Å². The molecule has 0 bridgehead atoms. The summed E-state index contributed by atoms with van der Waals surface area (Å²) in [7, 11) is 1.59. The fourth-order valence-electron chi connectivity index (χ4n) is 1.72. The number of carbonyl (C=O) groups excluding carboxylic acids is 1. The Labute approximate surface area is 117 Å². The molecule has 0 N–H and O–H groups in total. The molecule has 4 nitrogen and oxygen atoms in total. The highest BCUT2D eigenvalue weighted by atomic mass is 16.5. The highest BCUT2D eigenvalue weighted by molar-refractivity contribution is 5.75. The van der Waals surface area contributed by atoms with Crippen molar-refractivity contribution in [3.05, 3.63) is 59.7 Å². The number of methoxy groups -OCH3 is 1. The van der Waals surface area contributed by atoms with Crippen molar-refractivity contribution in [1.82, 2.24) is 0 Å². The topological polar surface area (TPSA) is 59.3 Å². The molecule has 0 amide bonds. The Balaban J connectivity index is 2.03. The van der Waals surface area contributed by atoms with E-state index < -0.39 is 5.97 Å². The van der Waals surface area contributed by atoms with Crippen LogP contribution in [-0.2, 0) is 11.2 Å². The average Bonchev–Trinajstić information content (AvgIpc) is 2.48. The zero-order chi connectivity index (χ0) is 14.4. The molecule has 2 aromatic rings. The van der Waals surface area contributed by atoms with Crippen molar-refractivity contribution >= 4 is 5.97 Å². The Hall–Kier alpha value is -2.80. The second-order valence-electron chi connectivity index (χ2n) is 4.11. The summed E-state index contributed by atoms with van der Waals surface area (Å²) in [4.78, 5) is 11.8. The minimum Gasteiger partial charge on any atom is -0.497 e. The second-order valence-corrected chi connectivity index (χ2v) is 4.11. The first kappa shape index (κ1) is 13.6. The van der Waals surface area contributed by atoms with Crippen molar-refractivity contribution in [3.8, 4) is 17.6 Å². The highest BCUT2D eigenvalue weighted by Gasteiger charge is 2.09. The van der Waals surface area contributed by atoms with E-state index in [4.69, 9.17) is 14.7 Å². The van der Waals surface area contributed by atoms with Crippen LogP contribution >= 0.6 is 0 Å². The third kappa shape index (κ3) is 3.36. The zero-order valence-corrected chi connectivity index (χ0v) is 11.0. The number of rotatable bonds is 4. The molecule has 0 aliphatic heterocycles. The van der Waals surface area contributed by atoms with E-state index in [-0.39, 0.29) is 12.2 Å². The standard InChI is InChI=1S/C16H13NO3/c1-19-14-8-6-12(7-9-14)10-16(18)20-15-5-3-2-4-13(15)11-17/h2-9H,10H2,1H3. The Morgan fingerprint density at radius 1 is 1.15 bits per heavy atom. The van der Waals surface area contributed by atoms with Gasteiger partial charge in [-0.1, -0.05) is 24.3 Å². The molecular formula is C16H13NO3. The number of nitrogens with zero attached hydrogens (tertiary/aromatic N) is 1. The van der Waals surface area contributed by atoms with Gasteiger partial charge in [0.1, 0.15) is 17.6 Å². The molecule has 0 radical (unpaired) electrons. The lowest BCUT2D eigenvalue weighted by molar-refractivity contribution is -0.133. The first-order valence-corrected chi connectivity index (χ1v) is 6.05. The summed E-state index contributed by atoms with van der Waals surface area (Å²) in [5.41, 5.74) is 1.17. The van der Waals surface area contributed by atoms with Crippen LogP contribution in [0.4, 0.5) is 0 Å². The summed E-state index contributed by atoms with van der Waals surface area (Å²) in [5.74, 6) is 0.614. The van der Waals surface area contributed by atoms with Crippen LogP contribution in [0.2, 0.25) is 0 Å². The number of hydrogen-bond acceptors (Lipinski definition) is 4. The van der Waals surface area contributed by atoms with Crippen molar-refractivity contribution in [2.45, 2.75) is 6.42 Å². The van der Waals surface area contributed by atoms with Gasteiger partial charge in [-0.15, -0.1) is 0 Å². The van der Waals surface area contributed by atoms with Gasteiger partial charge in [-0.3, -0.25) is 4.79 Å². The molecule has 2 aromatic carbocycles. The van der Waals surface area contributed by atoms with E-state index >= 15 is 0 Å². The molecule has 0 fully saturated rings. The number of carbonyl (C=O) groups is 1. The number of hydrogen-bond donors (Lipinski definition) is 0. The number of para-hydroxylation sites is 1. The average molecular weight is 267 g/mol. The van der Waals surface area contributed by atoms with Crippen molar-refractivity contribution < 1.29 is 14.3 Å². The maximum Gasteiger partial charge on any atom is 0.315 e. The fraction of sp³-hybridized carbons (Fsp3) is 0.125. The van der Waals surface area contributed by atoms with Gasteiger partial charge in [-0.2, -0.15) is 5.26 Å². The molecule has 4 heteroatoms. The molecule has 20 heavy (non-hydrogen) atoms. The van der Waals surface area contributed by atoms with Crippen molar-refractivity contribution in [3.63, 3.8) is 0 Å². The minimum atomic E-state index is -0.405. The van der Waals surface area contributed by atoms with Gasteiger partial charge in [0.2, 0.25) is 0 Å². The summed E-state index contributed by atoms with van der Waals surface area (Å²) >= 11 is 0. The Kier molecular flexibility index (Phi) is 4.35. The summed E-state index contributed by atoms with van der Waals surface area (Å²) in [6, 6.07) is 15.8. The number of nitriles is 1. The van der Waals surface area contributed by atoms with Gasteiger partial charge in [0.05, 0.1) is 19.1 Å². The molecule has 0 aliphatic rings. The zero-order valence-electron chi connectivity index (χ0n) is 11.0. The van der Waals surface area contributed by atoms with Crippen molar-refractivity contribution in [2.24, 2.45) is 0 Å². The summed E-state index contributed by atoms with van der Waals surface area (Å²) in [5, 5.41) is 8.92. The molecule has 0 saturated heterocycles. The maximum atomic E-state index is 11.8. The molecule has 100 valence electrons. The van der Waals surface area contributed by atoms with Gasteiger partial charge in [-0.25, -0.2) is 0 Å². The van der Waals surface area contributed by atoms with Crippen LogP contribution in [0.1, 0.15) is 11.1 Å². The first-order valence-electron chi connectivity index (χ1n) is 6.05. The van der Waals surface area contributed by atoms with E-state index in [1.54, 1.807) is 55.6 Å². The van der Waals surface area contributed by atoms with Crippen LogP contribution < -0.4 is 9.47 Å². The van der Waals surface area contributed by atoms with Crippen molar-refractivity contribution in [1.29, 1.82) is 5.26 Å². The van der Waals surface area contributed by atoms with E-state index in [1.165, 1.54) is 0 Å². The molecule has 0 spiro atoms. The smallest absolute Gasteiger partial charge is 0.315 e. The predicted octanol–water partition coefficient (Wildman–Crippen LogP) is 2.71. The van der Waals surface area contributed by atoms with Gasteiger partial charge < -0.3 is 9.47 Å². The quantitative estimate of drug-likeness (QED) is 0.631. The molecule has 0 saturated carbocycles. The van der Waals surface area contributed by atoms with Crippen LogP contribution in [0, 0.1) is 11.3 Å². The van der Waals surface area contributed by atoms with Gasteiger partial charge in [0.15, 0.2) is 0 Å². The second kappa shape index (κ2) is 6.39. The minimum absolute atomic E-state index is 0.143. The summed E-state index contributed by atoms with van der Waals surface area (Å²) < 4.78 is 10.3. The number of ether oxygens (including phenoxy) is 2. The number of esters is 1. The van der Waals surface area contributed by atoms with Crippen LogP contribution in [0.15, 0.2) is 48.5 Å². The third-order valence-electron chi connectivity index (χ3n) is 2.74. The van der Waals surface area contributed by atoms with Crippen molar-refractivity contribution in [2.75, 3.05) is 7.11 Å². The van der Waals surface area contributed by atoms with Gasteiger partial charge in [0, 0.05) is 0 Å². The molecule has 0 aliphatic carbocycles. The van der Waals surface area contributed by atoms with Crippen LogP contribution in [-0.4, -0.2) is 13.1 Å². The van der Waals surface area contributed by atoms with Gasteiger partial charge >= 0.3 is 5.97 Å². The Morgan fingerprint density at radius 3 is 2.50 bits per heavy atom. The highest BCUT2D eigenvalue weighted by Crippen LogP contribution is 2.18. The van der Waals surface area contributed by atoms with Gasteiger partial charge in [0.25, 0.3) is 0 Å². The molecule has 0 unspecified atom stereocenters. The summed E-state index contributed by atoms with van der Waals surface area (Å²) in [6.07, 6.45) is 0.143. The largest absolute Gasteiger partial charge is 0.497 e. The Bertz CT molecular complexity index is 642.